The van der Waals surface area contributed by atoms with E-state index in [9.17, 15) is 9.59 Å². The number of amides is 1. The molecule has 1 fully saturated rings. The van der Waals surface area contributed by atoms with Gasteiger partial charge in [-0.05, 0) is 25.1 Å². The van der Waals surface area contributed by atoms with Crippen LogP contribution in [-0.4, -0.2) is 46.4 Å². The molecule has 0 bridgehead atoms. The predicted octanol–water partition coefficient (Wildman–Crippen LogP) is 1.09. The molecule has 1 aromatic carbocycles. The molecule has 0 N–H and O–H groups in total. The summed E-state index contributed by atoms with van der Waals surface area (Å²) < 4.78 is 6.68. The van der Waals surface area contributed by atoms with Gasteiger partial charge >= 0.3 is 0 Å². The first kappa shape index (κ1) is 14.5. The predicted molar refractivity (Wildman–Crippen MR) is 81.2 cm³/mol. The van der Waals surface area contributed by atoms with Crippen molar-refractivity contribution in [3.63, 3.8) is 0 Å². The fourth-order valence-corrected chi connectivity index (χ4v) is 2.44. The SMILES string of the molecule is CC1CN(C(=O)c2ccc(=O)n(-c3ccccc3)n2)CCO1. The molecular formula is C16H17N3O3. The van der Waals surface area contributed by atoms with Gasteiger partial charge in [-0.25, -0.2) is 0 Å². The topological polar surface area (TPSA) is 64.4 Å². The van der Waals surface area contributed by atoms with E-state index in [1.54, 1.807) is 17.0 Å². The lowest BCUT2D eigenvalue weighted by atomic mass is 10.2. The smallest absolute Gasteiger partial charge is 0.274 e. The zero-order valence-electron chi connectivity index (χ0n) is 12.3. The maximum atomic E-state index is 12.5. The molecule has 22 heavy (non-hydrogen) atoms. The molecule has 1 atom stereocenters. The van der Waals surface area contributed by atoms with Gasteiger partial charge in [-0.2, -0.15) is 9.78 Å². The molecular weight excluding hydrogens is 282 g/mol. The van der Waals surface area contributed by atoms with Gasteiger partial charge in [0.25, 0.3) is 11.5 Å². The first-order chi connectivity index (χ1) is 10.6. The second kappa shape index (κ2) is 6.11. The van der Waals surface area contributed by atoms with E-state index < -0.39 is 0 Å². The molecule has 3 rings (SSSR count). The van der Waals surface area contributed by atoms with E-state index >= 15 is 0 Å². The molecule has 114 valence electrons. The molecule has 6 nitrogen and oxygen atoms in total. The zero-order valence-corrected chi connectivity index (χ0v) is 12.3. The summed E-state index contributed by atoms with van der Waals surface area (Å²) in [5, 5.41) is 4.21. The number of para-hydroxylation sites is 1. The maximum absolute atomic E-state index is 12.5. The van der Waals surface area contributed by atoms with Crippen LogP contribution < -0.4 is 5.56 Å². The van der Waals surface area contributed by atoms with Gasteiger partial charge in [-0.1, -0.05) is 18.2 Å². The Kier molecular flexibility index (Phi) is 4.02. The molecule has 1 aromatic heterocycles. The fourth-order valence-electron chi connectivity index (χ4n) is 2.44. The molecule has 1 aliphatic rings. The van der Waals surface area contributed by atoms with Crippen molar-refractivity contribution in [3.8, 4) is 5.69 Å². The Balaban J connectivity index is 1.92. The van der Waals surface area contributed by atoms with Gasteiger partial charge in [0, 0.05) is 19.2 Å². The standard InChI is InChI=1S/C16H17N3O3/c1-12-11-18(9-10-22-12)16(21)14-7-8-15(20)19(17-14)13-5-3-2-4-6-13/h2-8,12H,9-11H2,1H3. The number of hydrogen-bond acceptors (Lipinski definition) is 4. The lowest BCUT2D eigenvalue weighted by Crippen LogP contribution is -2.45. The number of aromatic nitrogens is 2. The summed E-state index contributed by atoms with van der Waals surface area (Å²) in [6.07, 6.45) is 0.0118. The summed E-state index contributed by atoms with van der Waals surface area (Å²) in [7, 11) is 0. The van der Waals surface area contributed by atoms with Gasteiger partial charge in [-0.15, -0.1) is 0 Å². The maximum Gasteiger partial charge on any atom is 0.274 e. The van der Waals surface area contributed by atoms with E-state index in [0.29, 0.717) is 25.4 Å². The summed E-state index contributed by atoms with van der Waals surface area (Å²) in [5.41, 5.74) is 0.633. The highest BCUT2D eigenvalue weighted by molar-refractivity contribution is 5.92. The van der Waals surface area contributed by atoms with Crippen molar-refractivity contribution < 1.29 is 9.53 Å². The van der Waals surface area contributed by atoms with Gasteiger partial charge in [-0.3, -0.25) is 9.59 Å². The highest BCUT2D eigenvalue weighted by Crippen LogP contribution is 2.09. The minimum Gasteiger partial charge on any atom is -0.375 e. The van der Waals surface area contributed by atoms with Crippen molar-refractivity contribution in [3.05, 3.63) is 58.5 Å². The lowest BCUT2D eigenvalue weighted by molar-refractivity contribution is -0.0127. The van der Waals surface area contributed by atoms with Gasteiger partial charge < -0.3 is 9.64 Å². The van der Waals surface area contributed by atoms with Crippen molar-refractivity contribution in [2.24, 2.45) is 0 Å². The zero-order chi connectivity index (χ0) is 15.5. The average molecular weight is 299 g/mol. The van der Waals surface area contributed by atoms with Crippen molar-refractivity contribution in [2.45, 2.75) is 13.0 Å². The monoisotopic (exact) mass is 299 g/mol. The molecule has 6 heteroatoms. The Morgan fingerprint density at radius 3 is 2.73 bits per heavy atom. The van der Waals surface area contributed by atoms with Crippen molar-refractivity contribution in [1.82, 2.24) is 14.7 Å². The van der Waals surface area contributed by atoms with Crippen LogP contribution in [0, 0.1) is 0 Å². The molecule has 0 spiro atoms. The second-order valence-corrected chi connectivity index (χ2v) is 5.24. The Labute approximate surface area is 127 Å². The van der Waals surface area contributed by atoms with Gasteiger partial charge in [0.2, 0.25) is 0 Å². The summed E-state index contributed by atoms with van der Waals surface area (Å²) >= 11 is 0. The highest BCUT2D eigenvalue weighted by atomic mass is 16.5. The van der Waals surface area contributed by atoms with Crippen LogP contribution in [0.15, 0.2) is 47.3 Å². The number of carbonyl (C=O) groups excluding carboxylic acids is 1. The third kappa shape index (κ3) is 2.92. The van der Waals surface area contributed by atoms with E-state index in [4.69, 9.17) is 4.74 Å². The number of morpholine rings is 1. The van der Waals surface area contributed by atoms with Crippen LogP contribution >= 0.6 is 0 Å². The van der Waals surface area contributed by atoms with Crippen molar-refractivity contribution in [2.75, 3.05) is 19.7 Å². The Bertz CT molecular complexity index is 727. The Hall–Kier alpha value is -2.47. The number of nitrogens with zero attached hydrogens (tertiary/aromatic N) is 3. The van der Waals surface area contributed by atoms with Crippen LogP contribution in [0.4, 0.5) is 0 Å². The van der Waals surface area contributed by atoms with E-state index in [1.165, 1.54) is 16.8 Å². The second-order valence-electron chi connectivity index (χ2n) is 5.24. The normalized spacial score (nSPS) is 18.2. The van der Waals surface area contributed by atoms with Crippen LogP contribution in [-0.2, 0) is 4.74 Å². The molecule has 1 saturated heterocycles. The fraction of sp³-hybridized carbons (Fsp3) is 0.312. The minimum atomic E-state index is -0.266. The molecule has 1 unspecified atom stereocenters. The summed E-state index contributed by atoms with van der Waals surface area (Å²) in [6, 6.07) is 11.9. The third-order valence-corrected chi connectivity index (χ3v) is 3.55. The van der Waals surface area contributed by atoms with E-state index in [-0.39, 0.29) is 23.3 Å². The van der Waals surface area contributed by atoms with Crippen LogP contribution in [0.2, 0.25) is 0 Å². The first-order valence-corrected chi connectivity index (χ1v) is 7.22. The molecule has 2 aromatic rings. The quantitative estimate of drug-likeness (QED) is 0.833. The molecule has 1 amide bonds. The Morgan fingerprint density at radius 1 is 1.23 bits per heavy atom. The van der Waals surface area contributed by atoms with Gasteiger partial charge in [0.05, 0.1) is 18.4 Å². The van der Waals surface area contributed by atoms with E-state index in [2.05, 4.69) is 5.10 Å². The van der Waals surface area contributed by atoms with Crippen LogP contribution in [0.3, 0.4) is 0 Å². The summed E-state index contributed by atoms with van der Waals surface area (Å²) in [4.78, 5) is 26.2. The van der Waals surface area contributed by atoms with E-state index in [0.717, 1.165) is 0 Å². The van der Waals surface area contributed by atoms with Crippen LogP contribution in [0.25, 0.3) is 5.69 Å². The first-order valence-electron chi connectivity index (χ1n) is 7.22. The van der Waals surface area contributed by atoms with Crippen LogP contribution in [0.1, 0.15) is 17.4 Å². The highest BCUT2D eigenvalue weighted by Gasteiger charge is 2.23. The number of hydrogen-bond donors (Lipinski definition) is 0. The van der Waals surface area contributed by atoms with Gasteiger partial charge in [0.15, 0.2) is 0 Å². The molecule has 2 heterocycles. The third-order valence-electron chi connectivity index (χ3n) is 3.55. The average Bonchev–Trinajstić information content (AvgIpc) is 2.55. The van der Waals surface area contributed by atoms with Crippen molar-refractivity contribution >= 4 is 5.91 Å². The number of rotatable bonds is 2. The molecule has 0 aliphatic carbocycles. The van der Waals surface area contributed by atoms with E-state index in [1.807, 2.05) is 25.1 Å². The largest absolute Gasteiger partial charge is 0.375 e. The summed E-state index contributed by atoms with van der Waals surface area (Å²) in [5.74, 6) is -0.181. The lowest BCUT2D eigenvalue weighted by Gasteiger charge is -2.30. The molecule has 1 aliphatic heterocycles. The van der Waals surface area contributed by atoms with Crippen LogP contribution in [0.5, 0.6) is 0 Å². The summed E-state index contributed by atoms with van der Waals surface area (Å²) in [6.45, 7) is 3.52. The van der Waals surface area contributed by atoms with Crippen molar-refractivity contribution in [1.29, 1.82) is 0 Å². The molecule has 0 saturated carbocycles. The minimum absolute atomic E-state index is 0.0118. The number of carbonyl (C=O) groups is 1. The number of ether oxygens (including phenoxy) is 1. The number of benzene rings is 1. The Morgan fingerprint density at radius 2 is 2.00 bits per heavy atom. The van der Waals surface area contributed by atoms with Gasteiger partial charge in [0.1, 0.15) is 5.69 Å². The molecule has 0 radical (unpaired) electrons.